The zero-order valence-corrected chi connectivity index (χ0v) is 14.2. The van der Waals surface area contributed by atoms with E-state index in [0.717, 1.165) is 41.7 Å². The van der Waals surface area contributed by atoms with Crippen molar-refractivity contribution in [2.24, 2.45) is 7.05 Å². The van der Waals surface area contributed by atoms with Crippen LogP contribution < -0.4 is 9.47 Å². The smallest absolute Gasteiger partial charge is 0.277 e. The van der Waals surface area contributed by atoms with Crippen molar-refractivity contribution >= 4 is 28.9 Å². The van der Waals surface area contributed by atoms with Gasteiger partial charge < -0.3 is 9.64 Å². The summed E-state index contributed by atoms with van der Waals surface area (Å²) in [6, 6.07) is 12.3. The molecule has 0 aliphatic carbocycles. The minimum atomic E-state index is 0.330. The molecule has 1 fully saturated rings. The monoisotopic (exact) mass is 337 g/mol. The molecule has 22 heavy (non-hydrogen) atoms. The predicted octanol–water partition coefficient (Wildman–Crippen LogP) is 3.71. The summed E-state index contributed by atoms with van der Waals surface area (Å²) in [5, 5.41) is 1.41. The second-order valence-corrected chi connectivity index (χ2v) is 6.37. The van der Waals surface area contributed by atoms with Gasteiger partial charge in [-0.2, -0.15) is 4.57 Å². The van der Waals surface area contributed by atoms with Crippen molar-refractivity contribution in [2.45, 2.75) is 13.0 Å². The Morgan fingerprint density at radius 1 is 1.23 bits per heavy atom. The fourth-order valence-corrected chi connectivity index (χ4v) is 3.25. The summed E-state index contributed by atoms with van der Waals surface area (Å²) >= 11 is 12.8. The lowest BCUT2D eigenvalue weighted by molar-refractivity contribution is -0.658. The first-order valence-corrected chi connectivity index (χ1v) is 8.12. The number of pyridine rings is 1. The Hall–Kier alpha value is -1.29. The molecule has 1 aliphatic rings. The highest BCUT2D eigenvalue weighted by Gasteiger charge is 2.24. The Bertz CT molecular complexity index is 690. The van der Waals surface area contributed by atoms with Gasteiger partial charge in [0.25, 0.3) is 5.15 Å². The van der Waals surface area contributed by atoms with Crippen LogP contribution in [-0.4, -0.2) is 25.8 Å². The molecule has 5 heteroatoms. The van der Waals surface area contributed by atoms with Gasteiger partial charge in [0, 0.05) is 24.7 Å². The first-order valence-electron chi connectivity index (χ1n) is 7.37. The van der Waals surface area contributed by atoms with E-state index in [9.17, 15) is 0 Å². The van der Waals surface area contributed by atoms with Gasteiger partial charge in [0.05, 0.1) is 29.5 Å². The van der Waals surface area contributed by atoms with E-state index in [2.05, 4.69) is 17.9 Å². The van der Waals surface area contributed by atoms with Crippen molar-refractivity contribution in [3.05, 3.63) is 46.6 Å². The standard InChI is InChI=1S/C17H19Cl2N2O/c1-12-11-22-8-7-21(12)13-9-16(20(2)17(19)10-13)14-5-3-4-6-15(14)18/h3-6,9-10,12H,7-8,11H2,1-2H3/q+1. The van der Waals surface area contributed by atoms with Crippen molar-refractivity contribution < 1.29 is 9.30 Å². The molecule has 1 saturated heterocycles. The first kappa shape index (κ1) is 15.6. The number of ether oxygens (including phenoxy) is 1. The molecule has 2 heterocycles. The fraction of sp³-hybridized carbons (Fsp3) is 0.353. The number of nitrogens with zero attached hydrogens (tertiary/aromatic N) is 2. The molecule has 3 nitrogen and oxygen atoms in total. The maximum Gasteiger partial charge on any atom is 0.277 e. The molecule has 0 N–H and O–H groups in total. The summed E-state index contributed by atoms with van der Waals surface area (Å²) in [6.07, 6.45) is 0. The molecule has 1 aliphatic heterocycles. The van der Waals surface area contributed by atoms with E-state index in [-0.39, 0.29) is 0 Å². The van der Waals surface area contributed by atoms with Crippen LogP contribution in [-0.2, 0) is 11.8 Å². The third-order valence-corrected chi connectivity index (χ3v) is 4.77. The molecule has 116 valence electrons. The Morgan fingerprint density at radius 3 is 2.73 bits per heavy atom. The zero-order chi connectivity index (χ0) is 15.7. The third kappa shape index (κ3) is 2.94. The van der Waals surface area contributed by atoms with Gasteiger partial charge in [-0.1, -0.05) is 23.7 Å². The van der Waals surface area contributed by atoms with Crippen LogP contribution in [0.25, 0.3) is 11.3 Å². The van der Waals surface area contributed by atoms with Crippen LogP contribution in [0.4, 0.5) is 5.69 Å². The maximum atomic E-state index is 6.45. The largest absolute Gasteiger partial charge is 0.377 e. The molecule has 0 radical (unpaired) electrons. The van der Waals surface area contributed by atoms with Crippen LogP contribution in [0.15, 0.2) is 36.4 Å². The number of benzene rings is 1. The van der Waals surface area contributed by atoms with Crippen LogP contribution in [0.2, 0.25) is 10.2 Å². The SMILES string of the molecule is CC1COCCN1c1cc(Cl)[n+](C)c(-c2ccccc2Cl)c1. The molecule has 0 spiro atoms. The van der Waals surface area contributed by atoms with Crippen LogP contribution >= 0.6 is 23.2 Å². The molecule has 1 aromatic carbocycles. The van der Waals surface area contributed by atoms with Crippen LogP contribution in [0.3, 0.4) is 0 Å². The van der Waals surface area contributed by atoms with E-state index in [1.165, 1.54) is 0 Å². The maximum absolute atomic E-state index is 6.45. The summed E-state index contributed by atoms with van der Waals surface area (Å²) in [7, 11) is 1.95. The van der Waals surface area contributed by atoms with Gasteiger partial charge in [0.2, 0.25) is 5.69 Å². The molecule has 1 unspecified atom stereocenters. The Labute approximate surface area is 141 Å². The van der Waals surface area contributed by atoms with Crippen molar-refractivity contribution in [1.82, 2.24) is 0 Å². The molecule has 1 atom stereocenters. The Kier molecular flexibility index (Phi) is 4.57. The van der Waals surface area contributed by atoms with Gasteiger partial charge in [-0.3, -0.25) is 0 Å². The Morgan fingerprint density at radius 2 is 2.00 bits per heavy atom. The lowest BCUT2D eigenvalue weighted by atomic mass is 10.1. The lowest BCUT2D eigenvalue weighted by Crippen LogP contribution is -2.44. The van der Waals surface area contributed by atoms with Crippen molar-refractivity contribution in [3.8, 4) is 11.3 Å². The van der Waals surface area contributed by atoms with E-state index >= 15 is 0 Å². The van der Waals surface area contributed by atoms with Crippen LogP contribution in [0.1, 0.15) is 6.92 Å². The van der Waals surface area contributed by atoms with Crippen LogP contribution in [0, 0.1) is 0 Å². The highest BCUT2D eigenvalue weighted by molar-refractivity contribution is 6.33. The topological polar surface area (TPSA) is 16.4 Å². The predicted molar refractivity (Wildman–Crippen MR) is 90.7 cm³/mol. The number of hydrogen-bond acceptors (Lipinski definition) is 2. The molecule has 0 amide bonds. The average molecular weight is 338 g/mol. The summed E-state index contributed by atoms with van der Waals surface area (Å²) in [5.74, 6) is 0. The van der Waals surface area contributed by atoms with Crippen molar-refractivity contribution in [3.63, 3.8) is 0 Å². The van der Waals surface area contributed by atoms with E-state index < -0.39 is 0 Å². The van der Waals surface area contributed by atoms with Gasteiger partial charge in [-0.15, -0.1) is 0 Å². The Balaban J connectivity index is 2.09. The molecule has 0 saturated carbocycles. The van der Waals surface area contributed by atoms with E-state index in [1.54, 1.807) is 0 Å². The zero-order valence-electron chi connectivity index (χ0n) is 12.7. The van der Waals surface area contributed by atoms with Gasteiger partial charge in [-0.05, 0) is 30.7 Å². The normalized spacial score (nSPS) is 18.5. The molecule has 1 aromatic heterocycles. The van der Waals surface area contributed by atoms with E-state index in [0.29, 0.717) is 11.2 Å². The number of anilines is 1. The van der Waals surface area contributed by atoms with Gasteiger partial charge in [-0.25, -0.2) is 0 Å². The lowest BCUT2D eigenvalue weighted by Gasteiger charge is -2.35. The minimum Gasteiger partial charge on any atom is -0.377 e. The van der Waals surface area contributed by atoms with Gasteiger partial charge >= 0.3 is 0 Å². The van der Waals surface area contributed by atoms with Crippen LogP contribution in [0.5, 0.6) is 0 Å². The summed E-state index contributed by atoms with van der Waals surface area (Å²) in [5.41, 5.74) is 3.09. The summed E-state index contributed by atoms with van der Waals surface area (Å²) < 4.78 is 7.48. The number of aromatic nitrogens is 1. The number of rotatable bonds is 2. The minimum absolute atomic E-state index is 0.330. The number of hydrogen-bond donors (Lipinski definition) is 0. The fourth-order valence-electron chi connectivity index (χ4n) is 2.82. The highest BCUT2D eigenvalue weighted by Crippen LogP contribution is 2.30. The third-order valence-electron chi connectivity index (χ3n) is 4.08. The molecule has 0 bridgehead atoms. The second-order valence-electron chi connectivity index (χ2n) is 5.58. The van der Waals surface area contributed by atoms with Crippen molar-refractivity contribution in [2.75, 3.05) is 24.7 Å². The van der Waals surface area contributed by atoms with Crippen molar-refractivity contribution in [1.29, 1.82) is 0 Å². The number of morpholine rings is 1. The molecule has 2 aromatic rings. The van der Waals surface area contributed by atoms with Gasteiger partial charge in [0.15, 0.2) is 0 Å². The average Bonchev–Trinajstić information content (AvgIpc) is 2.51. The molecular weight excluding hydrogens is 319 g/mol. The molecule has 3 rings (SSSR count). The molecular formula is C17H19Cl2N2O+. The number of halogens is 2. The highest BCUT2D eigenvalue weighted by atomic mass is 35.5. The van der Waals surface area contributed by atoms with Gasteiger partial charge in [0.1, 0.15) is 7.05 Å². The quantitative estimate of drug-likeness (QED) is 0.613. The van der Waals surface area contributed by atoms with E-state index in [4.69, 9.17) is 27.9 Å². The summed E-state index contributed by atoms with van der Waals surface area (Å²) in [6.45, 7) is 4.51. The second kappa shape index (κ2) is 6.45. The van der Waals surface area contributed by atoms with E-state index in [1.807, 2.05) is 41.9 Å². The first-order chi connectivity index (χ1) is 10.6. The summed E-state index contributed by atoms with van der Waals surface area (Å²) in [4.78, 5) is 2.33.